The smallest absolute Gasteiger partial charge is 0.243 e. The van der Waals surface area contributed by atoms with Crippen LogP contribution in [-0.2, 0) is 10.0 Å². The number of aliphatic hydroxyl groups excluding tert-OH is 1. The summed E-state index contributed by atoms with van der Waals surface area (Å²) in [6.45, 7) is 1.62. The number of nitrogen functional groups attached to an aromatic ring is 1. The third-order valence-corrected chi connectivity index (χ3v) is 5.16. The van der Waals surface area contributed by atoms with Crippen LogP contribution < -0.4 is 10.5 Å². The average molecular weight is 302 g/mol. The van der Waals surface area contributed by atoms with Crippen molar-refractivity contribution < 1.29 is 17.9 Å². The first-order chi connectivity index (χ1) is 9.29. The molecule has 112 valence electrons. The maximum Gasteiger partial charge on any atom is 0.243 e. The zero-order valence-electron chi connectivity index (χ0n) is 11.3. The Morgan fingerprint density at radius 3 is 2.50 bits per heavy atom. The van der Waals surface area contributed by atoms with Gasteiger partial charge in [0.1, 0.15) is 10.7 Å². The van der Waals surface area contributed by atoms with Crippen molar-refractivity contribution in [1.82, 2.24) is 4.72 Å². The quantitative estimate of drug-likeness (QED) is 0.734. The SMILES string of the molecule is Cc1cc(F)c(S(=O)(=O)NC2CCC(O)CC2)cc1N. The minimum Gasteiger partial charge on any atom is -0.398 e. The zero-order valence-corrected chi connectivity index (χ0v) is 12.1. The molecule has 20 heavy (non-hydrogen) atoms. The highest BCUT2D eigenvalue weighted by molar-refractivity contribution is 7.89. The number of hydrogen-bond donors (Lipinski definition) is 3. The molecular formula is C13H19FN2O3S. The van der Waals surface area contributed by atoms with Crippen LogP contribution in [0.3, 0.4) is 0 Å². The van der Waals surface area contributed by atoms with E-state index in [-0.39, 0.29) is 17.8 Å². The molecule has 0 bridgehead atoms. The molecule has 0 atom stereocenters. The summed E-state index contributed by atoms with van der Waals surface area (Å²) >= 11 is 0. The third-order valence-electron chi connectivity index (χ3n) is 3.63. The number of aliphatic hydroxyl groups is 1. The van der Waals surface area contributed by atoms with Crippen molar-refractivity contribution in [3.63, 3.8) is 0 Å². The number of nitrogens with one attached hydrogen (secondary N) is 1. The van der Waals surface area contributed by atoms with Crippen LogP contribution in [0.15, 0.2) is 17.0 Å². The summed E-state index contributed by atoms with van der Waals surface area (Å²) in [6, 6.07) is 1.99. The van der Waals surface area contributed by atoms with Gasteiger partial charge in [0.15, 0.2) is 0 Å². The third kappa shape index (κ3) is 3.28. The molecule has 0 spiro atoms. The number of aryl methyl sites for hydroxylation is 1. The van der Waals surface area contributed by atoms with E-state index in [0.29, 0.717) is 31.2 Å². The molecule has 4 N–H and O–H groups in total. The van der Waals surface area contributed by atoms with Crippen molar-refractivity contribution >= 4 is 15.7 Å². The fourth-order valence-corrected chi connectivity index (χ4v) is 3.75. The summed E-state index contributed by atoms with van der Waals surface area (Å²) in [4.78, 5) is -0.424. The predicted molar refractivity (Wildman–Crippen MR) is 74.1 cm³/mol. The van der Waals surface area contributed by atoms with E-state index in [0.717, 1.165) is 12.1 Å². The number of halogens is 1. The lowest BCUT2D eigenvalue weighted by atomic mass is 9.94. The van der Waals surface area contributed by atoms with Gasteiger partial charge in [0.05, 0.1) is 6.10 Å². The Morgan fingerprint density at radius 1 is 1.30 bits per heavy atom. The number of sulfonamides is 1. The number of rotatable bonds is 3. The van der Waals surface area contributed by atoms with Gasteiger partial charge in [-0.05, 0) is 50.3 Å². The summed E-state index contributed by atoms with van der Waals surface area (Å²) < 4.78 is 40.7. The van der Waals surface area contributed by atoms with Crippen molar-refractivity contribution in [2.75, 3.05) is 5.73 Å². The van der Waals surface area contributed by atoms with Gasteiger partial charge in [-0.3, -0.25) is 0 Å². The average Bonchev–Trinajstić information content (AvgIpc) is 2.36. The fourth-order valence-electron chi connectivity index (χ4n) is 2.35. The summed E-state index contributed by atoms with van der Waals surface area (Å²) in [5.41, 5.74) is 6.39. The number of benzene rings is 1. The molecule has 0 unspecified atom stereocenters. The van der Waals surface area contributed by atoms with Crippen LogP contribution in [0, 0.1) is 12.7 Å². The minimum absolute atomic E-state index is 0.242. The molecule has 2 rings (SSSR count). The highest BCUT2D eigenvalue weighted by Crippen LogP contribution is 2.24. The van der Waals surface area contributed by atoms with Crippen LogP contribution in [0.25, 0.3) is 0 Å². The van der Waals surface area contributed by atoms with Gasteiger partial charge in [-0.25, -0.2) is 17.5 Å². The first-order valence-corrected chi connectivity index (χ1v) is 8.04. The molecule has 5 nitrogen and oxygen atoms in total. The largest absolute Gasteiger partial charge is 0.398 e. The standard InChI is InChI=1S/C13H19FN2O3S/c1-8-6-11(14)13(7-12(8)15)20(18,19)16-9-2-4-10(17)5-3-9/h6-7,9-10,16-17H,2-5,15H2,1H3. The first-order valence-electron chi connectivity index (χ1n) is 6.55. The molecule has 1 aromatic rings. The normalized spacial score (nSPS) is 23.8. The zero-order chi connectivity index (χ0) is 14.9. The van der Waals surface area contributed by atoms with E-state index in [1.54, 1.807) is 6.92 Å². The fraction of sp³-hybridized carbons (Fsp3) is 0.538. The van der Waals surface area contributed by atoms with Crippen LogP contribution in [0.5, 0.6) is 0 Å². The molecule has 7 heteroatoms. The van der Waals surface area contributed by atoms with Crippen molar-refractivity contribution in [3.8, 4) is 0 Å². The Kier molecular flexibility index (Phi) is 4.31. The van der Waals surface area contributed by atoms with E-state index < -0.39 is 20.7 Å². The molecular weight excluding hydrogens is 283 g/mol. The summed E-state index contributed by atoms with van der Waals surface area (Å²) in [7, 11) is -3.93. The highest BCUT2D eigenvalue weighted by Gasteiger charge is 2.27. The highest BCUT2D eigenvalue weighted by atomic mass is 32.2. The lowest BCUT2D eigenvalue weighted by molar-refractivity contribution is 0.120. The van der Waals surface area contributed by atoms with E-state index in [9.17, 15) is 17.9 Å². The van der Waals surface area contributed by atoms with E-state index in [2.05, 4.69) is 4.72 Å². The van der Waals surface area contributed by atoms with Crippen molar-refractivity contribution in [3.05, 3.63) is 23.5 Å². The van der Waals surface area contributed by atoms with Gasteiger partial charge in [-0.2, -0.15) is 0 Å². The summed E-state index contributed by atoms with van der Waals surface area (Å²) in [5.74, 6) is -0.806. The maximum absolute atomic E-state index is 13.8. The van der Waals surface area contributed by atoms with Gasteiger partial charge in [0, 0.05) is 11.7 Å². The van der Waals surface area contributed by atoms with Crippen LogP contribution in [0.4, 0.5) is 10.1 Å². The van der Waals surface area contributed by atoms with Crippen LogP contribution >= 0.6 is 0 Å². The Labute approximate surface area is 118 Å². The molecule has 1 fully saturated rings. The molecule has 0 heterocycles. The first kappa shape index (κ1) is 15.2. The van der Waals surface area contributed by atoms with Gasteiger partial charge in [0.25, 0.3) is 0 Å². The predicted octanol–water partition coefficient (Wildman–Crippen LogP) is 1.30. The van der Waals surface area contributed by atoms with Crippen molar-refractivity contribution in [2.24, 2.45) is 0 Å². The van der Waals surface area contributed by atoms with Gasteiger partial charge >= 0.3 is 0 Å². The second-order valence-corrected chi connectivity index (χ2v) is 6.95. The lowest BCUT2D eigenvalue weighted by Crippen LogP contribution is -2.38. The second kappa shape index (κ2) is 5.67. The molecule has 0 radical (unpaired) electrons. The van der Waals surface area contributed by atoms with Gasteiger partial charge < -0.3 is 10.8 Å². The van der Waals surface area contributed by atoms with E-state index >= 15 is 0 Å². The molecule has 1 aliphatic rings. The Balaban J connectivity index is 2.20. The summed E-state index contributed by atoms with van der Waals surface area (Å²) in [5, 5.41) is 9.40. The van der Waals surface area contributed by atoms with Gasteiger partial charge in [-0.1, -0.05) is 0 Å². The van der Waals surface area contributed by atoms with E-state index in [1.807, 2.05) is 0 Å². The topological polar surface area (TPSA) is 92.4 Å². The monoisotopic (exact) mass is 302 g/mol. The Bertz CT molecular complexity index is 596. The lowest BCUT2D eigenvalue weighted by Gasteiger charge is -2.26. The number of nitrogens with two attached hydrogens (primary N) is 1. The minimum atomic E-state index is -3.93. The molecule has 0 aromatic heterocycles. The number of hydrogen-bond acceptors (Lipinski definition) is 4. The van der Waals surface area contributed by atoms with Crippen molar-refractivity contribution in [2.45, 2.75) is 49.6 Å². The molecule has 0 amide bonds. The van der Waals surface area contributed by atoms with Crippen LogP contribution in [0.1, 0.15) is 31.2 Å². The Hall–Kier alpha value is -1.18. The van der Waals surface area contributed by atoms with E-state index in [1.165, 1.54) is 0 Å². The second-order valence-electron chi connectivity index (χ2n) is 5.27. The molecule has 0 aliphatic heterocycles. The van der Waals surface area contributed by atoms with Gasteiger partial charge in [-0.15, -0.1) is 0 Å². The molecule has 1 aliphatic carbocycles. The van der Waals surface area contributed by atoms with Gasteiger partial charge in [0.2, 0.25) is 10.0 Å². The Morgan fingerprint density at radius 2 is 1.90 bits per heavy atom. The molecule has 1 saturated carbocycles. The molecule has 0 saturated heterocycles. The van der Waals surface area contributed by atoms with Crippen LogP contribution in [0.2, 0.25) is 0 Å². The maximum atomic E-state index is 13.8. The molecule has 1 aromatic carbocycles. The number of anilines is 1. The summed E-state index contributed by atoms with van der Waals surface area (Å²) in [6.07, 6.45) is 1.81. The van der Waals surface area contributed by atoms with E-state index in [4.69, 9.17) is 5.73 Å². The van der Waals surface area contributed by atoms with Crippen LogP contribution in [-0.4, -0.2) is 25.7 Å². The van der Waals surface area contributed by atoms with Crippen molar-refractivity contribution in [1.29, 1.82) is 0 Å².